The number of sulfonamides is 1. The molecule has 5 rings (SSSR count). The molecule has 1 aliphatic carbocycles. The van der Waals surface area contributed by atoms with Crippen molar-refractivity contribution in [3.63, 3.8) is 0 Å². The first-order valence-corrected chi connectivity index (χ1v) is 19.7. The van der Waals surface area contributed by atoms with Crippen LogP contribution in [0, 0.1) is 0 Å². The number of carbonyl (C=O) groups excluding carboxylic acids is 2. The van der Waals surface area contributed by atoms with E-state index in [4.69, 9.17) is 18.9 Å². The normalized spacial score (nSPS) is 13.8. The number of hydrogen-bond acceptors (Lipinski definition) is 8. The zero-order valence-electron chi connectivity index (χ0n) is 30.4. The number of nitrogens with zero attached hydrogens (tertiary/aromatic N) is 2. The molecule has 1 saturated carbocycles. The first kappa shape index (κ1) is 39.5. The highest BCUT2D eigenvalue weighted by atomic mass is 79.9. The smallest absolute Gasteiger partial charge is 0.265 e. The van der Waals surface area contributed by atoms with Gasteiger partial charge in [-0.15, -0.1) is 0 Å². The molecule has 0 unspecified atom stereocenters. The van der Waals surface area contributed by atoms with Crippen LogP contribution in [0.2, 0.25) is 0 Å². The van der Waals surface area contributed by atoms with E-state index in [1.807, 2.05) is 54.6 Å². The summed E-state index contributed by atoms with van der Waals surface area (Å²) in [6, 6.07) is 24.9. The van der Waals surface area contributed by atoms with Gasteiger partial charge in [0.1, 0.15) is 24.1 Å². The van der Waals surface area contributed by atoms with Crippen molar-refractivity contribution in [3.05, 3.63) is 107 Å². The second-order valence-electron chi connectivity index (χ2n) is 12.8. The lowest BCUT2D eigenvalue weighted by molar-refractivity contribution is -0.140. The van der Waals surface area contributed by atoms with E-state index in [0.717, 1.165) is 52.0 Å². The summed E-state index contributed by atoms with van der Waals surface area (Å²) in [5.41, 5.74) is 1.68. The van der Waals surface area contributed by atoms with Crippen LogP contribution in [0.1, 0.15) is 43.2 Å². The maximum Gasteiger partial charge on any atom is 0.265 e. The van der Waals surface area contributed by atoms with Crippen LogP contribution < -0.4 is 28.6 Å². The van der Waals surface area contributed by atoms with Crippen molar-refractivity contribution < 1.29 is 37.0 Å². The van der Waals surface area contributed by atoms with Crippen LogP contribution in [0.15, 0.2) is 100 Å². The quantitative estimate of drug-likeness (QED) is 0.132. The maximum atomic E-state index is 15.0. The van der Waals surface area contributed by atoms with Crippen LogP contribution in [0.25, 0.3) is 0 Å². The van der Waals surface area contributed by atoms with Crippen molar-refractivity contribution in [1.82, 2.24) is 10.2 Å². The standard InChI is InChI=1S/C40H46BrN3O8S/c1-49-32-18-20-36(50-2)34(24-32)44(53(47,48)33-19-21-37(51-3)38(25-33)52-4)27-39(45)43(26-29-14-11-15-30(41)22-29)35(23-28-12-7-5-8-13-28)40(46)42-31-16-9-6-10-17-31/h5,7-8,11-15,18-22,24-25,31,35H,6,9-10,16-17,23,26-27H2,1-4H3,(H,42,46)/t35-/m1/s1. The van der Waals surface area contributed by atoms with E-state index < -0.39 is 28.5 Å². The summed E-state index contributed by atoms with van der Waals surface area (Å²) in [7, 11) is 1.24. The van der Waals surface area contributed by atoms with Crippen molar-refractivity contribution >= 4 is 43.5 Å². The molecule has 0 heterocycles. The summed E-state index contributed by atoms with van der Waals surface area (Å²) in [6.45, 7) is -0.635. The van der Waals surface area contributed by atoms with Crippen molar-refractivity contribution in [2.45, 2.75) is 62.0 Å². The average Bonchev–Trinajstić information content (AvgIpc) is 3.18. The van der Waals surface area contributed by atoms with Crippen LogP contribution in [0.5, 0.6) is 23.0 Å². The van der Waals surface area contributed by atoms with E-state index >= 15 is 4.79 Å². The molecule has 1 fully saturated rings. The number of carbonyl (C=O) groups is 2. The molecule has 53 heavy (non-hydrogen) atoms. The lowest BCUT2D eigenvalue weighted by atomic mass is 9.94. The third kappa shape index (κ3) is 9.82. The molecule has 0 radical (unpaired) electrons. The molecule has 1 N–H and O–H groups in total. The molecule has 0 aromatic heterocycles. The summed E-state index contributed by atoms with van der Waals surface area (Å²) in [6.07, 6.45) is 5.07. The first-order valence-electron chi connectivity index (χ1n) is 17.4. The largest absolute Gasteiger partial charge is 0.497 e. The second-order valence-corrected chi connectivity index (χ2v) is 15.5. The molecule has 13 heteroatoms. The summed E-state index contributed by atoms with van der Waals surface area (Å²) in [5.74, 6) is 0.172. The molecule has 4 aromatic rings. The van der Waals surface area contributed by atoms with Gasteiger partial charge in [-0.25, -0.2) is 8.42 Å². The Morgan fingerprint density at radius 3 is 2.11 bits per heavy atom. The number of anilines is 1. The number of amides is 2. The summed E-state index contributed by atoms with van der Waals surface area (Å²) >= 11 is 3.53. The second kappa shape index (κ2) is 18.3. The van der Waals surface area contributed by atoms with Crippen LogP contribution in [0.3, 0.4) is 0 Å². The van der Waals surface area contributed by atoms with E-state index in [2.05, 4.69) is 21.2 Å². The molecule has 11 nitrogen and oxygen atoms in total. The summed E-state index contributed by atoms with van der Waals surface area (Å²) < 4.78 is 53.2. The Bertz CT molecular complexity index is 1970. The van der Waals surface area contributed by atoms with E-state index in [1.54, 1.807) is 12.1 Å². The fourth-order valence-corrected chi connectivity index (χ4v) is 8.42. The molecule has 0 spiro atoms. The molecule has 0 aliphatic heterocycles. The van der Waals surface area contributed by atoms with Gasteiger partial charge in [-0.3, -0.25) is 13.9 Å². The number of hydrogen-bond donors (Lipinski definition) is 1. The van der Waals surface area contributed by atoms with E-state index in [0.29, 0.717) is 11.5 Å². The van der Waals surface area contributed by atoms with Gasteiger partial charge in [0, 0.05) is 35.6 Å². The fraction of sp³-hybridized carbons (Fsp3) is 0.350. The third-order valence-corrected chi connectivity index (χ3v) is 11.6. The van der Waals surface area contributed by atoms with Crippen molar-refractivity contribution in [3.8, 4) is 23.0 Å². The highest BCUT2D eigenvalue weighted by Crippen LogP contribution is 2.38. The van der Waals surface area contributed by atoms with Gasteiger partial charge in [0.05, 0.1) is 39.0 Å². The fourth-order valence-electron chi connectivity index (χ4n) is 6.54. The Hall–Kier alpha value is -4.75. The number of benzene rings is 4. The van der Waals surface area contributed by atoms with Gasteiger partial charge in [0.15, 0.2) is 11.5 Å². The minimum absolute atomic E-state index is 0.0136. The topological polar surface area (TPSA) is 124 Å². The number of methoxy groups -OCH3 is 4. The van der Waals surface area contributed by atoms with Crippen LogP contribution in [-0.2, 0) is 32.6 Å². The van der Waals surface area contributed by atoms with Gasteiger partial charge < -0.3 is 29.2 Å². The van der Waals surface area contributed by atoms with Gasteiger partial charge in [-0.1, -0.05) is 77.7 Å². The maximum absolute atomic E-state index is 15.0. The average molecular weight is 809 g/mol. The Labute approximate surface area is 320 Å². The van der Waals surface area contributed by atoms with Crippen molar-refractivity contribution in [2.75, 3.05) is 39.3 Å². The van der Waals surface area contributed by atoms with E-state index in [9.17, 15) is 13.2 Å². The van der Waals surface area contributed by atoms with Gasteiger partial charge in [0.2, 0.25) is 11.8 Å². The lowest BCUT2D eigenvalue weighted by Gasteiger charge is -2.35. The van der Waals surface area contributed by atoms with Crippen LogP contribution >= 0.6 is 15.9 Å². The van der Waals surface area contributed by atoms with E-state index in [-0.39, 0.29) is 47.0 Å². The molecule has 2 amide bonds. The summed E-state index contributed by atoms with van der Waals surface area (Å²) in [4.78, 5) is 30.7. The molecule has 1 atom stereocenters. The highest BCUT2D eigenvalue weighted by molar-refractivity contribution is 9.10. The third-order valence-electron chi connectivity index (χ3n) is 9.34. The van der Waals surface area contributed by atoms with E-state index in [1.165, 1.54) is 57.6 Å². The lowest BCUT2D eigenvalue weighted by Crippen LogP contribution is -2.55. The Kier molecular flexibility index (Phi) is 13.6. The number of nitrogens with one attached hydrogen (secondary N) is 1. The molecule has 0 saturated heterocycles. The number of rotatable bonds is 16. The molecule has 4 aromatic carbocycles. The number of ether oxygens (including phenoxy) is 4. The van der Waals surface area contributed by atoms with Gasteiger partial charge in [0.25, 0.3) is 10.0 Å². The Morgan fingerprint density at radius 1 is 0.774 bits per heavy atom. The SMILES string of the molecule is COc1ccc(OC)c(N(CC(=O)N(Cc2cccc(Br)c2)[C@H](Cc2ccccc2)C(=O)NC2CCCCC2)S(=O)(=O)c2ccc(OC)c(OC)c2)c1. The van der Waals surface area contributed by atoms with Crippen molar-refractivity contribution in [1.29, 1.82) is 0 Å². The molecular weight excluding hydrogens is 762 g/mol. The minimum Gasteiger partial charge on any atom is -0.497 e. The van der Waals surface area contributed by atoms with Gasteiger partial charge in [-0.05, 0) is 60.4 Å². The molecular formula is C40H46BrN3O8S. The molecule has 1 aliphatic rings. The Balaban J connectivity index is 1.64. The summed E-state index contributed by atoms with van der Waals surface area (Å²) in [5, 5.41) is 3.23. The van der Waals surface area contributed by atoms with Gasteiger partial charge in [-0.2, -0.15) is 0 Å². The zero-order chi connectivity index (χ0) is 38.0. The predicted molar refractivity (Wildman–Crippen MR) is 207 cm³/mol. The Morgan fingerprint density at radius 2 is 1.45 bits per heavy atom. The highest BCUT2D eigenvalue weighted by Gasteiger charge is 2.37. The minimum atomic E-state index is -4.50. The van der Waals surface area contributed by atoms with Crippen LogP contribution in [-0.4, -0.2) is 72.2 Å². The monoisotopic (exact) mass is 807 g/mol. The number of halogens is 1. The predicted octanol–water partition coefficient (Wildman–Crippen LogP) is 6.77. The van der Waals surface area contributed by atoms with Crippen LogP contribution in [0.4, 0.5) is 5.69 Å². The molecule has 0 bridgehead atoms. The zero-order valence-corrected chi connectivity index (χ0v) is 32.8. The van der Waals surface area contributed by atoms with Gasteiger partial charge >= 0.3 is 0 Å². The molecule has 282 valence electrons. The van der Waals surface area contributed by atoms with Crippen molar-refractivity contribution in [2.24, 2.45) is 0 Å². The first-order chi connectivity index (χ1) is 25.6.